The highest BCUT2D eigenvalue weighted by Gasteiger charge is 2.11. The fourth-order valence-corrected chi connectivity index (χ4v) is 1.44. The molecule has 5 nitrogen and oxygen atoms in total. The van der Waals surface area contributed by atoms with Crippen molar-refractivity contribution in [1.82, 2.24) is 4.72 Å². The molecule has 3 N–H and O–H groups in total. The Bertz CT molecular complexity index is 241. The Hall–Kier alpha value is -0.640. The van der Waals surface area contributed by atoms with E-state index in [0.29, 0.717) is 0 Å². The van der Waals surface area contributed by atoms with Crippen LogP contribution in [0.4, 0.5) is 0 Å². The summed E-state index contributed by atoms with van der Waals surface area (Å²) in [6, 6.07) is 1.23. The number of sulfonamides is 1. The van der Waals surface area contributed by atoms with Gasteiger partial charge in [-0.25, -0.2) is 13.1 Å². The van der Waals surface area contributed by atoms with E-state index in [1.807, 2.05) is 0 Å². The number of nitrogens with two attached hydrogens (primary N) is 1. The molecule has 0 rings (SSSR count). The summed E-state index contributed by atoms with van der Waals surface area (Å²) in [4.78, 5) is 0. The minimum Gasteiger partial charge on any atom is -0.329 e. The zero-order valence-electron chi connectivity index (χ0n) is 6.24. The van der Waals surface area contributed by atoms with Gasteiger partial charge in [-0.05, 0) is 6.92 Å². The molecule has 0 radical (unpaired) electrons. The van der Waals surface area contributed by atoms with Crippen molar-refractivity contribution in [2.45, 2.75) is 13.0 Å². The molecule has 11 heavy (non-hydrogen) atoms. The Morgan fingerprint density at radius 1 is 1.73 bits per heavy atom. The van der Waals surface area contributed by atoms with Gasteiger partial charge in [0.2, 0.25) is 10.0 Å². The van der Waals surface area contributed by atoms with Crippen LogP contribution in [-0.2, 0) is 10.0 Å². The first-order valence-corrected chi connectivity index (χ1v) is 4.74. The van der Waals surface area contributed by atoms with E-state index in [9.17, 15) is 8.42 Å². The number of nitriles is 1. The minimum atomic E-state index is -3.43. The van der Waals surface area contributed by atoms with E-state index in [0.717, 1.165) is 0 Å². The molecule has 0 aliphatic heterocycles. The van der Waals surface area contributed by atoms with Crippen LogP contribution in [0.3, 0.4) is 0 Å². The van der Waals surface area contributed by atoms with Crippen LogP contribution in [0.1, 0.15) is 6.92 Å². The molecule has 6 heteroatoms. The SMILES string of the molecule is C[C@H](CN)NS(=O)(=O)CC#N. The van der Waals surface area contributed by atoms with Gasteiger partial charge < -0.3 is 5.73 Å². The van der Waals surface area contributed by atoms with Crippen molar-refractivity contribution in [3.63, 3.8) is 0 Å². The number of nitrogens with zero attached hydrogens (tertiary/aromatic N) is 1. The first-order valence-electron chi connectivity index (χ1n) is 3.09. The van der Waals surface area contributed by atoms with Gasteiger partial charge in [0.05, 0.1) is 6.07 Å². The van der Waals surface area contributed by atoms with Gasteiger partial charge in [0.1, 0.15) is 0 Å². The average molecular weight is 177 g/mol. The van der Waals surface area contributed by atoms with E-state index in [1.54, 1.807) is 13.0 Å². The fourth-order valence-electron chi connectivity index (χ4n) is 0.481. The molecule has 0 spiro atoms. The lowest BCUT2D eigenvalue weighted by molar-refractivity contribution is 0.566. The van der Waals surface area contributed by atoms with E-state index in [2.05, 4.69) is 4.72 Å². The highest BCUT2D eigenvalue weighted by Crippen LogP contribution is 1.85. The molecule has 64 valence electrons. The van der Waals surface area contributed by atoms with Crippen molar-refractivity contribution in [3.8, 4) is 6.07 Å². The molecule has 0 aromatic heterocycles. The Kier molecular flexibility index (Phi) is 4.03. The van der Waals surface area contributed by atoms with Crippen LogP contribution in [0.25, 0.3) is 0 Å². The lowest BCUT2D eigenvalue weighted by Crippen LogP contribution is -2.38. The van der Waals surface area contributed by atoms with Crippen molar-refractivity contribution >= 4 is 10.0 Å². The third-order valence-electron chi connectivity index (χ3n) is 0.989. The normalized spacial score (nSPS) is 13.9. The van der Waals surface area contributed by atoms with Crippen LogP contribution in [-0.4, -0.2) is 26.8 Å². The topological polar surface area (TPSA) is 96.0 Å². The molecule has 0 fully saturated rings. The number of hydrogen-bond acceptors (Lipinski definition) is 4. The Labute approximate surface area is 66.2 Å². The monoisotopic (exact) mass is 177 g/mol. The van der Waals surface area contributed by atoms with Crippen LogP contribution < -0.4 is 10.5 Å². The van der Waals surface area contributed by atoms with E-state index in [1.165, 1.54) is 0 Å². The first-order chi connectivity index (χ1) is 5.02. The predicted octanol–water partition coefficient (Wildman–Crippen LogP) is -1.22. The largest absolute Gasteiger partial charge is 0.329 e. The second-order valence-corrected chi connectivity index (χ2v) is 3.93. The summed E-state index contributed by atoms with van der Waals surface area (Å²) in [7, 11) is -3.43. The number of hydrogen-bond donors (Lipinski definition) is 2. The summed E-state index contributed by atoms with van der Waals surface area (Å²) in [6.07, 6.45) is 0. The average Bonchev–Trinajstić information content (AvgIpc) is 1.86. The Balaban J connectivity index is 4.05. The van der Waals surface area contributed by atoms with Crippen LogP contribution in [0.15, 0.2) is 0 Å². The summed E-state index contributed by atoms with van der Waals surface area (Å²) >= 11 is 0. The number of rotatable bonds is 4. The van der Waals surface area contributed by atoms with Gasteiger partial charge in [0.15, 0.2) is 5.75 Å². The maximum Gasteiger partial charge on any atom is 0.225 e. The van der Waals surface area contributed by atoms with Crippen molar-refractivity contribution in [1.29, 1.82) is 5.26 Å². The molecule has 0 aromatic carbocycles. The molecular formula is C5H11N3O2S. The maximum atomic E-state index is 10.8. The summed E-state index contributed by atoms with van der Waals surface area (Å²) in [5.74, 6) is -0.517. The van der Waals surface area contributed by atoms with Crippen LogP contribution in [0.5, 0.6) is 0 Å². The van der Waals surface area contributed by atoms with Gasteiger partial charge in [-0.1, -0.05) is 0 Å². The van der Waals surface area contributed by atoms with Crippen molar-refractivity contribution in [3.05, 3.63) is 0 Å². The molecule has 0 saturated heterocycles. The molecule has 0 aliphatic rings. The second kappa shape index (κ2) is 4.28. The molecule has 0 heterocycles. The van der Waals surface area contributed by atoms with Gasteiger partial charge in [-0.15, -0.1) is 0 Å². The van der Waals surface area contributed by atoms with Gasteiger partial charge >= 0.3 is 0 Å². The highest BCUT2D eigenvalue weighted by atomic mass is 32.2. The van der Waals surface area contributed by atoms with Crippen LogP contribution in [0.2, 0.25) is 0 Å². The third-order valence-corrected chi connectivity index (χ3v) is 2.26. The molecule has 1 atom stereocenters. The minimum absolute atomic E-state index is 0.227. The third kappa shape index (κ3) is 4.72. The van der Waals surface area contributed by atoms with Crippen molar-refractivity contribution in [2.75, 3.05) is 12.3 Å². The maximum absolute atomic E-state index is 10.8. The molecule has 0 saturated carbocycles. The van der Waals surface area contributed by atoms with Crippen molar-refractivity contribution in [2.24, 2.45) is 5.73 Å². The molecule has 0 amide bonds. The molecule has 0 bridgehead atoms. The molecule has 0 aliphatic carbocycles. The Morgan fingerprint density at radius 2 is 2.27 bits per heavy atom. The van der Waals surface area contributed by atoms with Gasteiger partial charge in [0, 0.05) is 12.6 Å². The lowest BCUT2D eigenvalue weighted by atomic mass is 10.4. The van der Waals surface area contributed by atoms with E-state index >= 15 is 0 Å². The van der Waals surface area contributed by atoms with Crippen LogP contribution >= 0.6 is 0 Å². The standard InChI is InChI=1S/C5H11N3O2S/c1-5(4-7)8-11(9,10)3-2-6/h5,8H,3-4,7H2,1H3/t5-/m1/s1. The van der Waals surface area contributed by atoms with Gasteiger partial charge in [-0.3, -0.25) is 0 Å². The summed E-state index contributed by atoms with van der Waals surface area (Å²) in [5.41, 5.74) is 5.17. The quantitative estimate of drug-likeness (QED) is 0.562. The smallest absolute Gasteiger partial charge is 0.225 e. The molecule has 0 unspecified atom stereocenters. The molecular weight excluding hydrogens is 166 g/mol. The lowest BCUT2D eigenvalue weighted by Gasteiger charge is -2.08. The van der Waals surface area contributed by atoms with Gasteiger partial charge in [-0.2, -0.15) is 5.26 Å². The highest BCUT2D eigenvalue weighted by molar-refractivity contribution is 7.89. The zero-order valence-corrected chi connectivity index (χ0v) is 7.06. The fraction of sp³-hybridized carbons (Fsp3) is 0.800. The predicted molar refractivity (Wildman–Crippen MR) is 41.1 cm³/mol. The summed E-state index contributed by atoms with van der Waals surface area (Å²) in [6.45, 7) is 1.86. The van der Waals surface area contributed by atoms with Gasteiger partial charge in [0.25, 0.3) is 0 Å². The van der Waals surface area contributed by atoms with Crippen LogP contribution in [0, 0.1) is 11.3 Å². The summed E-state index contributed by atoms with van der Waals surface area (Å²) in [5, 5.41) is 8.09. The first kappa shape index (κ1) is 10.4. The van der Waals surface area contributed by atoms with E-state index < -0.39 is 15.8 Å². The number of nitrogens with one attached hydrogen (secondary N) is 1. The van der Waals surface area contributed by atoms with E-state index in [-0.39, 0.29) is 12.6 Å². The Morgan fingerprint density at radius 3 is 2.64 bits per heavy atom. The molecule has 0 aromatic rings. The van der Waals surface area contributed by atoms with Crippen molar-refractivity contribution < 1.29 is 8.42 Å². The zero-order chi connectivity index (χ0) is 8.91. The van der Waals surface area contributed by atoms with E-state index in [4.69, 9.17) is 11.0 Å². The summed E-state index contributed by atoms with van der Waals surface area (Å²) < 4.78 is 23.9. The second-order valence-electron chi connectivity index (χ2n) is 2.17.